The van der Waals surface area contributed by atoms with Gasteiger partial charge in [0.1, 0.15) is 0 Å². The van der Waals surface area contributed by atoms with Gasteiger partial charge in [0.25, 0.3) is 0 Å². The maximum atomic E-state index is 12.4. The van der Waals surface area contributed by atoms with Crippen molar-refractivity contribution in [2.45, 2.75) is 20.3 Å². The normalized spacial score (nSPS) is 10.8. The van der Waals surface area contributed by atoms with Gasteiger partial charge in [-0.15, -0.1) is 0 Å². The molecule has 3 aromatic heterocycles. The van der Waals surface area contributed by atoms with Crippen LogP contribution in [0.3, 0.4) is 0 Å². The van der Waals surface area contributed by atoms with Gasteiger partial charge in [0.05, 0.1) is 11.9 Å². The molecular weight excluding hydrogens is 364 g/mol. The SMILES string of the molecule is CC(=O)c1ccc2cc(NC(=O)Cc3ccc(-c4ccnc(C)c4)cc3)nn2c1. The van der Waals surface area contributed by atoms with Crippen molar-refractivity contribution in [3.63, 3.8) is 0 Å². The number of hydrogen-bond donors (Lipinski definition) is 1. The molecule has 0 saturated heterocycles. The molecule has 3 heterocycles. The first kappa shape index (κ1) is 18.6. The molecule has 0 aliphatic heterocycles. The molecule has 1 N–H and O–H groups in total. The number of nitrogens with zero attached hydrogens (tertiary/aromatic N) is 3. The number of ketones is 1. The summed E-state index contributed by atoms with van der Waals surface area (Å²) in [6, 6.07) is 17.2. The highest BCUT2D eigenvalue weighted by atomic mass is 16.1. The number of rotatable bonds is 5. The summed E-state index contributed by atoms with van der Waals surface area (Å²) in [6.07, 6.45) is 3.70. The zero-order valence-electron chi connectivity index (χ0n) is 16.2. The van der Waals surface area contributed by atoms with Gasteiger partial charge in [-0.1, -0.05) is 24.3 Å². The minimum atomic E-state index is -0.146. The number of aromatic nitrogens is 3. The number of Topliss-reactive ketones (excluding diaryl/α,β-unsaturated/α-hetero) is 1. The molecule has 0 radical (unpaired) electrons. The van der Waals surface area contributed by atoms with E-state index in [1.54, 1.807) is 35.1 Å². The zero-order chi connectivity index (χ0) is 20.4. The molecule has 0 fully saturated rings. The number of carbonyl (C=O) groups excluding carboxylic acids is 2. The van der Waals surface area contributed by atoms with Gasteiger partial charge in [-0.3, -0.25) is 14.6 Å². The smallest absolute Gasteiger partial charge is 0.229 e. The lowest BCUT2D eigenvalue weighted by Gasteiger charge is -2.05. The number of anilines is 1. The molecule has 0 atom stereocenters. The minimum Gasteiger partial charge on any atom is -0.309 e. The molecule has 1 amide bonds. The van der Waals surface area contributed by atoms with Gasteiger partial charge < -0.3 is 5.32 Å². The van der Waals surface area contributed by atoms with E-state index < -0.39 is 0 Å². The topological polar surface area (TPSA) is 76.4 Å². The molecule has 0 unspecified atom stereocenters. The molecule has 0 spiro atoms. The van der Waals surface area contributed by atoms with Crippen LogP contribution >= 0.6 is 0 Å². The van der Waals surface area contributed by atoms with Crippen LogP contribution in [0.15, 0.2) is 67.0 Å². The average molecular weight is 384 g/mol. The van der Waals surface area contributed by atoms with Crippen LogP contribution in [0.4, 0.5) is 5.82 Å². The third-order valence-electron chi connectivity index (χ3n) is 4.68. The molecule has 144 valence electrons. The van der Waals surface area contributed by atoms with Crippen LogP contribution in [0.5, 0.6) is 0 Å². The molecule has 1 aromatic carbocycles. The molecule has 4 rings (SSSR count). The van der Waals surface area contributed by atoms with Gasteiger partial charge in [-0.05, 0) is 54.8 Å². The van der Waals surface area contributed by atoms with Crippen molar-refractivity contribution in [3.8, 4) is 11.1 Å². The highest BCUT2D eigenvalue weighted by Crippen LogP contribution is 2.20. The van der Waals surface area contributed by atoms with E-state index in [0.717, 1.165) is 27.9 Å². The van der Waals surface area contributed by atoms with Crippen LogP contribution in [0.2, 0.25) is 0 Å². The van der Waals surface area contributed by atoms with E-state index in [1.807, 2.05) is 43.3 Å². The third-order valence-corrected chi connectivity index (χ3v) is 4.68. The highest BCUT2D eigenvalue weighted by molar-refractivity contribution is 5.94. The second kappa shape index (κ2) is 7.67. The van der Waals surface area contributed by atoms with E-state index in [2.05, 4.69) is 15.4 Å². The predicted octanol–water partition coefficient (Wildman–Crippen LogP) is 4.09. The number of hydrogen-bond acceptors (Lipinski definition) is 4. The van der Waals surface area contributed by atoms with Crippen molar-refractivity contribution < 1.29 is 9.59 Å². The number of pyridine rings is 2. The number of carbonyl (C=O) groups is 2. The number of fused-ring (bicyclic) bond motifs is 1. The largest absolute Gasteiger partial charge is 0.309 e. The Balaban J connectivity index is 1.44. The second-order valence-corrected chi connectivity index (χ2v) is 6.98. The van der Waals surface area contributed by atoms with E-state index >= 15 is 0 Å². The number of nitrogens with one attached hydrogen (secondary N) is 1. The van der Waals surface area contributed by atoms with Gasteiger partial charge in [-0.2, -0.15) is 5.10 Å². The van der Waals surface area contributed by atoms with Crippen LogP contribution in [0.1, 0.15) is 28.5 Å². The molecule has 29 heavy (non-hydrogen) atoms. The van der Waals surface area contributed by atoms with Gasteiger partial charge >= 0.3 is 0 Å². The molecular formula is C23H20N4O2. The fraction of sp³-hybridized carbons (Fsp3) is 0.130. The Morgan fingerprint density at radius 3 is 2.52 bits per heavy atom. The Hall–Kier alpha value is -3.80. The summed E-state index contributed by atoms with van der Waals surface area (Å²) in [5.74, 6) is 0.283. The molecule has 6 heteroatoms. The van der Waals surface area contributed by atoms with Gasteiger partial charge in [0.2, 0.25) is 5.91 Å². The van der Waals surface area contributed by atoms with Crippen molar-refractivity contribution in [3.05, 3.63) is 83.8 Å². The Morgan fingerprint density at radius 2 is 1.79 bits per heavy atom. The van der Waals surface area contributed by atoms with Crippen LogP contribution in [0.25, 0.3) is 16.6 Å². The van der Waals surface area contributed by atoms with Gasteiger partial charge in [0, 0.05) is 29.7 Å². The lowest BCUT2D eigenvalue weighted by molar-refractivity contribution is -0.115. The highest BCUT2D eigenvalue weighted by Gasteiger charge is 2.09. The average Bonchev–Trinajstić information content (AvgIpc) is 3.09. The second-order valence-electron chi connectivity index (χ2n) is 6.98. The first-order valence-corrected chi connectivity index (χ1v) is 9.30. The molecule has 0 saturated carbocycles. The fourth-order valence-electron chi connectivity index (χ4n) is 3.17. The van der Waals surface area contributed by atoms with Crippen LogP contribution in [-0.4, -0.2) is 26.3 Å². The van der Waals surface area contributed by atoms with Crippen molar-refractivity contribution in [2.75, 3.05) is 5.32 Å². The Labute approximate surface area is 168 Å². The molecule has 6 nitrogen and oxygen atoms in total. The first-order valence-electron chi connectivity index (χ1n) is 9.30. The van der Waals surface area contributed by atoms with Crippen molar-refractivity contribution >= 4 is 23.0 Å². The summed E-state index contributed by atoms with van der Waals surface area (Å²) >= 11 is 0. The van der Waals surface area contributed by atoms with Crippen molar-refractivity contribution in [1.29, 1.82) is 0 Å². The maximum Gasteiger partial charge on any atom is 0.229 e. The fourth-order valence-corrected chi connectivity index (χ4v) is 3.17. The lowest BCUT2D eigenvalue weighted by atomic mass is 10.0. The first-order chi connectivity index (χ1) is 14.0. The minimum absolute atomic E-state index is 0.0293. The summed E-state index contributed by atoms with van der Waals surface area (Å²) in [4.78, 5) is 28.1. The maximum absolute atomic E-state index is 12.4. The van der Waals surface area contributed by atoms with E-state index in [-0.39, 0.29) is 18.1 Å². The summed E-state index contributed by atoms with van der Waals surface area (Å²) in [5.41, 5.74) is 5.45. The summed E-state index contributed by atoms with van der Waals surface area (Å²) in [6.45, 7) is 3.47. The van der Waals surface area contributed by atoms with Crippen molar-refractivity contribution in [2.24, 2.45) is 0 Å². The Kier molecular flexibility index (Phi) is 4.91. The van der Waals surface area contributed by atoms with E-state index in [9.17, 15) is 9.59 Å². The number of aryl methyl sites for hydroxylation is 1. The summed E-state index contributed by atoms with van der Waals surface area (Å²) in [7, 11) is 0. The van der Waals surface area contributed by atoms with Crippen LogP contribution < -0.4 is 5.32 Å². The molecule has 0 aliphatic carbocycles. The van der Waals surface area contributed by atoms with E-state index in [0.29, 0.717) is 11.4 Å². The molecule has 0 bridgehead atoms. The van der Waals surface area contributed by atoms with E-state index in [1.165, 1.54) is 6.92 Å². The molecule has 4 aromatic rings. The van der Waals surface area contributed by atoms with Gasteiger partial charge in [-0.25, -0.2) is 4.52 Å². The van der Waals surface area contributed by atoms with Gasteiger partial charge in [0.15, 0.2) is 11.6 Å². The predicted molar refractivity (Wildman–Crippen MR) is 112 cm³/mol. The number of benzene rings is 1. The van der Waals surface area contributed by atoms with Crippen LogP contribution in [-0.2, 0) is 11.2 Å². The quantitative estimate of drug-likeness (QED) is 0.526. The molecule has 0 aliphatic rings. The Morgan fingerprint density at radius 1 is 1.00 bits per heavy atom. The summed E-state index contributed by atoms with van der Waals surface area (Å²) < 4.78 is 1.60. The van der Waals surface area contributed by atoms with E-state index in [4.69, 9.17) is 0 Å². The Bertz CT molecular complexity index is 1210. The zero-order valence-corrected chi connectivity index (χ0v) is 16.2. The standard InChI is InChI=1S/C23H20N4O2/c1-15-11-19(9-10-24-15)18-5-3-17(4-6-18)12-23(29)25-22-13-21-8-7-20(16(2)28)14-27(21)26-22/h3-11,13-14H,12H2,1-2H3,(H,25,26,29). The monoisotopic (exact) mass is 384 g/mol. The summed E-state index contributed by atoms with van der Waals surface area (Å²) in [5, 5.41) is 7.14. The number of amides is 1. The lowest BCUT2D eigenvalue weighted by Crippen LogP contribution is -2.14. The van der Waals surface area contributed by atoms with Crippen LogP contribution in [0, 0.1) is 6.92 Å². The third kappa shape index (κ3) is 4.21. The van der Waals surface area contributed by atoms with Crippen molar-refractivity contribution in [1.82, 2.24) is 14.6 Å².